The van der Waals surface area contributed by atoms with Gasteiger partial charge >= 0.3 is 0 Å². The number of ether oxygens (including phenoxy) is 1. The third-order valence-electron chi connectivity index (χ3n) is 7.72. The van der Waals surface area contributed by atoms with E-state index in [9.17, 15) is 0 Å². The fraction of sp³-hybridized carbons (Fsp3) is 0.0588. The zero-order valence-electron chi connectivity index (χ0n) is 20.2. The summed E-state index contributed by atoms with van der Waals surface area (Å²) in [6.07, 6.45) is 5.60. The van der Waals surface area contributed by atoms with E-state index < -0.39 is 0 Å². The normalized spacial score (nSPS) is 15.8. The fourth-order valence-corrected chi connectivity index (χ4v) is 5.98. The molecule has 176 valence electrons. The van der Waals surface area contributed by atoms with Crippen LogP contribution in [0.5, 0.6) is 11.5 Å². The average Bonchev–Trinajstić information content (AvgIpc) is 3.34. The van der Waals surface area contributed by atoms with Crippen LogP contribution in [-0.4, -0.2) is 4.98 Å². The molecule has 3 heteroatoms. The van der Waals surface area contributed by atoms with E-state index in [0.29, 0.717) is 0 Å². The standard InChI is InChI=1S/C34H24N2O/c1-2-9-25(10-3-1)36-30-12-6-7-13-32(30)37-33-21-24(16-19-31(33)36)23-14-17-27-29(20-23)35-28-18-15-22-8-4-5-11-26(22)34(27)28/h1-19,21,23,35H,20H2. The molecule has 1 unspecified atom stereocenters. The van der Waals surface area contributed by atoms with Crippen molar-refractivity contribution in [3.63, 3.8) is 0 Å². The highest BCUT2D eigenvalue weighted by Crippen LogP contribution is 2.51. The molecule has 0 bridgehead atoms. The van der Waals surface area contributed by atoms with E-state index in [-0.39, 0.29) is 5.92 Å². The second-order valence-electron chi connectivity index (χ2n) is 9.86. The molecule has 0 spiro atoms. The predicted molar refractivity (Wildman–Crippen MR) is 152 cm³/mol. The summed E-state index contributed by atoms with van der Waals surface area (Å²) in [4.78, 5) is 6.01. The van der Waals surface area contributed by atoms with Crippen molar-refractivity contribution in [1.82, 2.24) is 4.98 Å². The first kappa shape index (κ1) is 20.4. The molecule has 3 nitrogen and oxygen atoms in total. The Bertz CT molecular complexity index is 1850. The lowest BCUT2D eigenvalue weighted by Crippen LogP contribution is -2.16. The molecule has 0 radical (unpaired) electrons. The lowest BCUT2D eigenvalue weighted by Gasteiger charge is -2.33. The highest BCUT2D eigenvalue weighted by atomic mass is 16.5. The zero-order valence-corrected chi connectivity index (χ0v) is 20.2. The van der Waals surface area contributed by atoms with E-state index in [1.54, 1.807) is 0 Å². The number of allylic oxidation sites excluding steroid dienone is 1. The minimum Gasteiger partial charge on any atom is -0.453 e. The molecule has 1 N–H and O–H groups in total. The number of H-pyrrole nitrogens is 1. The molecule has 1 atom stereocenters. The van der Waals surface area contributed by atoms with Gasteiger partial charge in [0.05, 0.1) is 11.4 Å². The van der Waals surface area contributed by atoms with Gasteiger partial charge in [-0.2, -0.15) is 0 Å². The van der Waals surface area contributed by atoms with Crippen molar-refractivity contribution in [3.05, 3.63) is 132 Å². The molecule has 2 heterocycles. The first-order valence-corrected chi connectivity index (χ1v) is 12.8. The predicted octanol–water partition coefficient (Wildman–Crippen LogP) is 9.25. The van der Waals surface area contributed by atoms with Gasteiger partial charge in [0.1, 0.15) is 0 Å². The summed E-state index contributed by atoms with van der Waals surface area (Å²) in [5.41, 5.74) is 8.33. The molecule has 1 aliphatic heterocycles. The van der Waals surface area contributed by atoms with Crippen molar-refractivity contribution in [3.8, 4) is 11.5 Å². The number of fused-ring (bicyclic) bond motifs is 7. The van der Waals surface area contributed by atoms with Crippen molar-refractivity contribution in [1.29, 1.82) is 0 Å². The fourth-order valence-electron chi connectivity index (χ4n) is 5.98. The Morgan fingerprint density at radius 3 is 2.49 bits per heavy atom. The molecule has 37 heavy (non-hydrogen) atoms. The second kappa shape index (κ2) is 7.87. The molecule has 6 aromatic rings. The van der Waals surface area contributed by atoms with Gasteiger partial charge in [-0.1, -0.05) is 78.9 Å². The molecule has 1 aliphatic carbocycles. The quantitative estimate of drug-likeness (QED) is 0.269. The van der Waals surface area contributed by atoms with Crippen molar-refractivity contribution in [2.75, 3.05) is 4.90 Å². The Morgan fingerprint density at radius 2 is 1.54 bits per heavy atom. The number of benzene rings is 5. The molecule has 0 amide bonds. The van der Waals surface area contributed by atoms with Crippen LogP contribution < -0.4 is 9.64 Å². The van der Waals surface area contributed by atoms with E-state index in [0.717, 1.165) is 35.0 Å². The van der Waals surface area contributed by atoms with E-state index in [2.05, 4.69) is 119 Å². The number of anilines is 3. The van der Waals surface area contributed by atoms with E-state index in [1.165, 1.54) is 38.5 Å². The summed E-state index contributed by atoms with van der Waals surface area (Å²) < 4.78 is 6.45. The molecule has 5 aromatic carbocycles. The minimum absolute atomic E-state index is 0.281. The van der Waals surface area contributed by atoms with Crippen LogP contribution in [0.25, 0.3) is 27.8 Å². The Morgan fingerprint density at radius 1 is 0.730 bits per heavy atom. The number of aromatic nitrogens is 1. The summed E-state index contributed by atoms with van der Waals surface area (Å²) in [7, 11) is 0. The van der Waals surface area contributed by atoms with Crippen molar-refractivity contribution in [2.24, 2.45) is 0 Å². The lowest BCUT2D eigenvalue weighted by molar-refractivity contribution is 0.476. The highest BCUT2D eigenvalue weighted by Gasteiger charge is 2.27. The van der Waals surface area contributed by atoms with Gasteiger partial charge in [0, 0.05) is 33.8 Å². The van der Waals surface area contributed by atoms with Crippen LogP contribution in [0.15, 0.2) is 115 Å². The largest absolute Gasteiger partial charge is 0.453 e. The van der Waals surface area contributed by atoms with Crippen LogP contribution in [0.2, 0.25) is 0 Å². The maximum atomic E-state index is 6.45. The first-order valence-electron chi connectivity index (χ1n) is 12.8. The SMILES string of the molecule is C1=CC(c2ccc3c(c2)Oc2ccccc2N3c2ccccc2)Cc2[nH]c3ccc4ccccc4c3c21. The van der Waals surface area contributed by atoms with Gasteiger partial charge in [0.2, 0.25) is 0 Å². The number of rotatable bonds is 2. The smallest absolute Gasteiger partial charge is 0.151 e. The molecular formula is C34H24N2O. The van der Waals surface area contributed by atoms with Crippen LogP contribution >= 0.6 is 0 Å². The monoisotopic (exact) mass is 476 g/mol. The maximum absolute atomic E-state index is 6.45. The Labute approximate surface area is 215 Å². The molecular weight excluding hydrogens is 452 g/mol. The molecule has 0 fully saturated rings. The van der Waals surface area contributed by atoms with Gasteiger partial charge in [-0.05, 0) is 65.2 Å². The first-order chi connectivity index (χ1) is 18.3. The second-order valence-corrected chi connectivity index (χ2v) is 9.86. The number of nitrogens with zero attached hydrogens (tertiary/aromatic N) is 1. The molecule has 2 aliphatic rings. The molecule has 0 saturated heterocycles. The summed E-state index contributed by atoms with van der Waals surface area (Å²) in [5, 5.41) is 3.91. The van der Waals surface area contributed by atoms with Crippen LogP contribution in [-0.2, 0) is 6.42 Å². The summed E-state index contributed by atoms with van der Waals surface area (Å²) in [6.45, 7) is 0. The molecule has 1 aromatic heterocycles. The highest BCUT2D eigenvalue weighted by molar-refractivity contribution is 6.11. The average molecular weight is 477 g/mol. The number of hydrogen-bond acceptors (Lipinski definition) is 2. The number of hydrogen-bond donors (Lipinski definition) is 1. The van der Waals surface area contributed by atoms with Crippen molar-refractivity contribution in [2.45, 2.75) is 12.3 Å². The van der Waals surface area contributed by atoms with Gasteiger partial charge < -0.3 is 14.6 Å². The Balaban J connectivity index is 1.20. The van der Waals surface area contributed by atoms with Gasteiger partial charge in [-0.15, -0.1) is 0 Å². The van der Waals surface area contributed by atoms with Crippen molar-refractivity contribution >= 4 is 44.8 Å². The van der Waals surface area contributed by atoms with Gasteiger partial charge in [0.15, 0.2) is 11.5 Å². The number of para-hydroxylation sites is 3. The van der Waals surface area contributed by atoms with Gasteiger partial charge in [-0.25, -0.2) is 0 Å². The third kappa shape index (κ3) is 3.14. The topological polar surface area (TPSA) is 28.3 Å². The number of nitrogens with one attached hydrogen (secondary N) is 1. The van der Waals surface area contributed by atoms with Crippen LogP contribution in [0.4, 0.5) is 17.1 Å². The summed E-state index contributed by atoms with van der Waals surface area (Å²) in [5.74, 6) is 2.05. The van der Waals surface area contributed by atoms with Crippen LogP contribution in [0.1, 0.15) is 22.7 Å². The molecule has 8 rings (SSSR count). The third-order valence-corrected chi connectivity index (χ3v) is 7.72. The summed E-state index contributed by atoms with van der Waals surface area (Å²) in [6, 6.07) is 38.5. The maximum Gasteiger partial charge on any atom is 0.151 e. The van der Waals surface area contributed by atoms with E-state index in [4.69, 9.17) is 4.74 Å². The van der Waals surface area contributed by atoms with E-state index in [1.807, 2.05) is 12.1 Å². The van der Waals surface area contributed by atoms with Gasteiger partial charge in [0.25, 0.3) is 0 Å². The Hall–Kier alpha value is -4.76. The zero-order chi connectivity index (χ0) is 24.3. The van der Waals surface area contributed by atoms with Crippen molar-refractivity contribution < 1.29 is 4.74 Å². The minimum atomic E-state index is 0.281. The summed E-state index contributed by atoms with van der Waals surface area (Å²) >= 11 is 0. The van der Waals surface area contributed by atoms with Gasteiger partial charge in [-0.3, -0.25) is 0 Å². The Kier molecular flexibility index (Phi) is 4.35. The number of aromatic amines is 1. The van der Waals surface area contributed by atoms with E-state index >= 15 is 0 Å². The van der Waals surface area contributed by atoms with Crippen LogP contribution in [0.3, 0.4) is 0 Å². The van der Waals surface area contributed by atoms with Crippen LogP contribution in [0, 0.1) is 0 Å². The lowest BCUT2D eigenvalue weighted by atomic mass is 9.87. The molecule has 0 saturated carbocycles.